The Morgan fingerprint density at radius 1 is 0.577 bits per heavy atom. The van der Waals surface area contributed by atoms with Gasteiger partial charge in [0.05, 0.1) is 12.4 Å². The molecule has 0 aliphatic rings. The first-order valence-electron chi connectivity index (χ1n) is 8.39. The third kappa shape index (κ3) is 5.91. The Kier molecular flexibility index (Phi) is 6.56. The van der Waals surface area contributed by atoms with Crippen LogP contribution in [0, 0.1) is 0 Å². The van der Waals surface area contributed by atoms with E-state index in [2.05, 4.69) is 10.3 Å². The topological polar surface area (TPSA) is 43.2 Å². The van der Waals surface area contributed by atoms with Crippen LogP contribution in [-0.4, -0.2) is 12.4 Å². The molecule has 0 fully saturated rings. The lowest BCUT2D eigenvalue weighted by Crippen LogP contribution is -1.93. The lowest BCUT2D eigenvalue weighted by atomic mass is 10.1. The maximum Gasteiger partial charge on any atom is 0.142 e. The molecule has 0 bridgehead atoms. The Balaban J connectivity index is 1.45. The number of oxime groups is 2. The molecule has 0 N–H and O–H groups in total. The Hall–Kier alpha value is -3.40. The summed E-state index contributed by atoms with van der Waals surface area (Å²) < 4.78 is 0. The first-order chi connectivity index (χ1) is 12.9. The molecule has 3 rings (SSSR count). The van der Waals surface area contributed by atoms with Crippen LogP contribution in [0.2, 0.25) is 0 Å². The second-order valence-electron chi connectivity index (χ2n) is 5.66. The summed E-state index contributed by atoms with van der Waals surface area (Å²) in [5.41, 5.74) is 4.07. The van der Waals surface area contributed by atoms with E-state index in [1.54, 1.807) is 12.4 Å². The second-order valence-corrected chi connectivity index (χ2v) is 5.66. The van der Waals surface area contributed by atoms with Crippen molar-refractivity contribution in [3.8, 4) is 0 Å². The van der Waals surface area contributed by atoms with Gasteiger partial charge in [-0.2, -0.15) is 0 Å². The van der Waals surface area contributed by atoms with Gasteiger partial charge in [0.1, 0.15) is 13.2 Å². The van der Waals surface area contributed by atoms with Crippen molar-refractivity contribution in [2.24, 2.45) is 10.3 Å². The number of benzene rings is 3. The highest BCUT2D eigenvalue weighted by Crippen LogP contribution is 2.08. The van der Waals surface area contributed by atoms with Gasteiger partial charge >= 0.3 is 0 Å². The lowest BCUT2D eigenvalue weighted by Gasteiger charge is -2.04. The van der Waals surface area contributed by atoms with E-state index in [9.17, 15) is 0 Å². The molecule has 130 valence electrons. The molecular formula is C22H20N2O2. The van der Waals surface area contributed by atoms with Crippen molar-refractivity contribution in [2.45, 2.75) is 13.2 Å². The predicted octanol–water partition coefficient (Wildman–Crippen LogP) is 4.79. The van der Waals surface area contributed by atoms with E-state index >= 15 is 0 Å². The van der Waals surface area contributed by atoms with E-state index in [4.69, 9.17) is 9.68 Å². The van der Waals surface area contributed by atoms with E-state index < -0.39 is 0 Å². The number of hydrogen-bond donors (Lipinski definition) is 0. The van der Waals surface area contributed by atoms with Crippen LogP contribution >= 0.6 is 0 Å². The fourth-order valence-corrected chi connectivity index (χ4v) is 2.31. The summed E-state index contributed by atoms with van der Waals surface area (Å²) in [4.78, 5) is 10.7. The van der Waals surface area contributed by atoms with Gasteiger partial charge in [-0.15, -0.1) is 0 Å². The van der Waals surface area contributed by atoms with Gasteiger partial charge in [0.2, 0.25) is 0 Å². The zero-order valence-corrected chi connectivity index (χ0v) is 14.4. The first-order valence-corrected chi connectivity index (χ1v) is 8.39. The number of nitrogens with zero attached hydrogens (tertiary/aromatic N) is 2. The Labute approximate surface area is 153 Å². The van der Waals surface area contributed by atoms with Gasteiger partial charge in [0, 0.05) is 0 Å². The molecule has 0 aliphatic heterocycles. The van der Waals surface area contributed by atoms with Crippen LogP contribution in [0.15, 0.2) is 95.2 Å². The molecular weight excluding hydrogens is 324 g/mol. The normalized spacial score (nSPS) is 11.1. The third-order valence-corrected chi connectivity index (χ3v) is 3.61. The van der Waals surface area contributed by atoms with Crippen LogP contribution in [-0.2, 0) is 22.9 Å². The highest BCUT2D eigenvalue weighted by atomic mass is 16.6. The maximum atomic E-state index is 5.36. The van der Waals surface area contributed by atoms with Gasteiger partial charge < -0.3 is 9.68 Å². The maximum absolute atomic E-state index is 5.36. The van der Waals surface area contributed by atoms with Gasteiger partial charge in [-0.3, -0.25) is 0 Å². The van der Waals surface area contributed by atoms with E-state index in [1.807, 2.05) is 84.9 Å². The van der Waals surface area contributed by atoms with Crippen LogP contribution < -0.4 is 0 Å². The summed E-state index contributed by atoms with van der Waals surface area (Å²) in [7, 11) is 0. The molecule has 0 atom stereocenters. The van der Waals surface area contributed by atoms with Crippen molar-refractivity contribution in [1.29, 1.82) is 0 Å². The van der Waals surface area contributed by atoms with Crippen LogP contribution in [0.3, 0.4) is 0 Å². The Bertz CT molecular complexity index is 778. The Morgan fingerprint density at radius 2 is 1.04 bits per heavy atom. The zero-order valence-electron chi connectivity index (χ0n) is 14.4. The molecule has 4 heteroatoms. The molecule has 26 heavy (non-hydrogen) atoms. The van der Waals surface area contributed by atoms with Crippen molar-refractivity contribution in [2.75, 3.05) is 0 Å². The highest BCUT2D eigenvalue weighted by Gasteiger charge is 1.97. The van der Waals surface area contributed by atoms with Crippen molar-refractivity contribution in [3.05, 3.63) is 107 Å². The molecule has 0 aliphatic carbocycles. The first kappa shape index (κ1) is 17.4. The predicted molar refractivity (Wildman–Crippen MR) is 104 cm³/mol. The quantitative estimate of drug-likeness (QED) is 0.436. The number of hydrogen-bond acceptors (Lipinski definition) is 4. The number of rotatable bonds is 8. The summed E-state index contributed by atoms with van der Waals surface area (Å²) in [6.45, 7) is 0.814. The average molecular weight is 344 g/mol. The largest absolute Gasteiger partial charge is 0.391 e. The lowest BCUT2D eigenvalue weighted by molar-refractivity contribution is 0.128. The van der Waals surface area contributed by atoms with Crippen LogP contribution in [0.25, 0.3) is 0 Å². The molecule has 0 saturated heterocycles. The molecule has 0 amide bonds. The minimum Gasteiger partial charge on any atom is -0.391 e. The van der Waals surface area contributed by atoms with Crippen molar-refractivity contribution < 1.29 is 9.68 Å². The van der Waals surface area contributed by atoms with Gasteiger partial charge in [0.25, 0.3) is 0 Å². The summed E-state index contributed by atoms with van der Waals surface area (Å²) >= 11 is 0. The van der Waals surface area contributed by atoms with Crippen LogP contribution in [0.4, 0.5) is 0 Å². The fraction of sp³-hybridized carbons (Fsp3) is 0.0909. The summed E-state index contributed by atoms with van der Waals surface area (Å²) in [5.74, 6) is 0. The molecule has 3 aromatic rings. The van der Waals surface area contributed by atoms with Crippen molar-refractivity contribution in [1.82, 2.24) is 0 Å². The standard InChI is InChI=1S/C22H20N2O2/c1-3-8-19(9-4-1)15-23-25-17-21-12-7-13-22(14-21)18-26-24-16-20-10-5-2-6-11-20/h1-16H,17-18H2. The third-order valence-electron chi connectivity index (χ3n) is 3.61. The summed E-state index contributed by atoms with van der Waals surface area (Å²) in [6, 6.07) is 27.7. The van der Waals surface area contributed by atoms with Gasteiger partial charge in [-0.05, 0) is 28.3 Å². The smallest absolute Gasteiger partial charge is 0.142 e. The minimum atomic E-state index is 0.407. The van der Waals surface area contributed by atoms with E-state index in [0.29, 0.717) is 13.2 Å². The molecule has 3 aromatic carbocycles. The highest BCUT2D eigenvalue weighted by molar-refractivity contribution is 5.79. The molecule has 0 spiro atoms. The zero-order chi connectivity index (χ0) is 17.9. The monoisotopic (exact) mass is 344 g/mol. The fourth-order valence-electron chi connectivity index (χ4n) is 2.31. The second kappa shape index (κ2) is 9.79. The molecule has 0 aromatic heterocycles. The Morgan fingerprint density at radius 3 is 1.50 bits per heavy atom. The minimum absolute atomic E-state index is 0.407. The van der Waals surface area contributed by atoms with Crippen molar-refractivity contribution >= 4 is 12.4 Å². The molecule has 4 nitrogen and oxygen atoms in total. The molecule has 0 saturated carbocycles. The van der Waals surface area contributed by atoms with Crippen LogP contribution in [0.1, 0.15) is 22.3 Å². The molecule has 0 unspecified atom stereocenters. The van der Waals surface area contributed by atoms with Gasteiger partial charge in [-0.25, -0.2) is 0 Å². The van der Waals surface area contributed by atoms with E-state index in [1.165, 1.54) is 0 Å². The average Bonchev–Trinajstić information content (AvgIpc) is 2.71. The molecule has 0 heterocycles. The van der Waals surface area contributed by atoms with Crippen LogP contribution in [0.5, 0.6) is 0 Å². The van der Waals surface area contributed by atoms with E-state index in [-0.39, 0.29) is 0 Å². The summed E-state index contributed by atoms with van der Waals surface area (Å²) in [6.07, 6.45) is 3.40. The SMILES string of the molecule is C(=NOCc1cccc(CON=Cc2ccccc2)c1)c1ccccc1. The van der Waals surface area contributed by atoms with Crippen molar-refractivity contribution in [3.63, 3.8) is 0 Å². The van der Waals surface area contributed by atoms with E-state index in [0.717, 1.165) is 22.3 Å². The van der Waals surface area contributed by atoms with Gasteiger partial charge in [-0.1, -0.05) is 89.2 Å². The molecule has 0 radical (unpaired) electrons. The van der Waals surface area contributed by atoms with Gasteiger partial charge in [0.15, 0.2) is 0 Å². The summed E-state index contributed by atoms with van der Waals surface area (Å²) in [5, 5.41) is 7.99.